The van der Waals surface area contributed by atoms with Crippen molar-refractivity contribution in [3.63, 3.8) is 0 Å². The Hall–Kier alpha value is -8.61. The van der Waals surface area contributed by atoms with Crippen LogP contribution in [0.2, 0.25) is 0 Å². The maximum absolute atomic E-state index is 6.44. The molecule has 4 heterocycles. The predicted molar refractivity (Wildman–Crippen MR) is 258 cm³/mol. The Kier molecular flexibility index (Phi) is 7.80. The molecule has 0 fully saturated rings. The highest BCUT2D eigenvalue weighted by Crippen LogP contribution is 2.47. The lowest BCUT2D eigenvalue weighted by Gasteiger charge is -2.23. The SMILES string of the molecule is c1ccc(-c2nc(-c3ccccc3)nc(-c3ccc(-n4c5ccccc5c5ccccc54)c(-n4c5ccccc5c5ccccc54)c3-c3ccc4oc5ccccc5c4c3)n2)cc1. The van der Waals surface area contributed by atoms with Crippen molar-refractivity contribution in [1.29, 1.82) is 0 Å². The molecule has 6 nitrogen and oxygen atoms in total. The molecule has 0 N–H and O–H groups in total. The lowest BCUT2D eigenvalue weighted by atomic mass is 9.93. The van der Waals surface area contributed by atoms with E-state index in [1.54, 1.807) is 0 Å². The van der Waals surface area contributed by atoms with E-state index < -0.39 is 0 Å². The zero-order chi connectivity index (χ0) is 41.4. The van der Waals surface area contributed by atoms with Gasteiger partial charge in [-0.2, -0.15) is 0 Å². The van der Waals surface area contributed by atoms with Gasteiger partial charge in [0.1, 0.15) is 11.2 Å². The van der Waals surface area contributed by atoms with E-state index in [0.29, 0.717) is 17.5 Å². The van der Waals surface area contributed by atoms with E-state index in [-0.39, 0.29) is 0 Å². The van der Waals surface area contributed by atoms with E-state index in [9.17, 15) is 0 Å². The van der Waals surface area contributed by atoms with Crippen molar-refractivity contribution in [3.05, 3.63) is 212 Å². The van der Waals surface area contributed by atoms with Crippen LogP contribution in [-0.4, -0.2) is 24.1 Å². The summed E-state index contributed by atoms with van der Waals surface area (Å²) in [6.45, 7) is 0. The molecule has 9 aromatic carbocycles. The van der Waals surface area contributed by atoms with Gasteiger partial charge in [-0.15, -0.1) is 0 Å². The molecule has 0 amide bonds. The molecule has 0 bridgehead atoms. The number of fused-ring (bicyclic) bond motifs is 9. The molecule has 0 unspecified atom stereocenters. The standard InChI is InChI=1S/C57H35N5O/c1-3-17-36(18-4-1)55-58-56(37-19-5-2-6-20-37)60-57(59-55)44-32-33-50(61-46-26-12-7-21-39(46)40-22-8-13-27-47(40)61)54(62-48-28-14-9-23-41(48)42-24-10-15-29-49(42)62)53(44)38-31-34-52-45(35-38)43-25-11-16-30-51(43)63-52/h1-35H. The van der Waals surface area contributed by atoms with Crippen molar-refractivity contribution in [2.75, 3.05) is 0 Å². The third-order valence-electron chi connectivity index (χ3n) is 12.4. The summed E-state index contributed by atoms with van der Waals surface area (Å²) in [6.07, 6.45) is 0. The van der Waals surface area contributed by atoms with Crippen LogP contribution in [0.1, 0.15) is 0 Å². The highest BCUT2D eigenvalue weighted by molar-refractivity contribution is 6.14. The van der Waals surface area contributed by atoms with Gasteiger partial charge in [0.25, 0.3) is 0 Å². The Morgan fingerprint density at radius 1 is 0.317 bits per heavy atom. The molecule has 0 spiro atoms. The topological polar surface area (TPSA) is 61.7 Å². The first kappa shape index (κ1) is 35.2. The molecule has 0 aliphatic rings. The summed E-state index contributed by atoms with van der Waals surface area (Å²) < 4.78 is 11.3. The molecule has 0 saturated carbocycles. The van der Waals surface area contributed by atoms with Crippen LogP contribution in [0.25, 0.3) is 122 Å². The zero-order valence-electron chi connectivity index (χ0n) is 33.9. The third-order valence-corrected chi connectivity index (χ3v) is 12.4. The van der Waals surface area contributed by atoms with Crippen LogP contribution in [0, 0.1) is 0 Å². The average molecular weight is 806 g/mol. The molecule has 0 atom stereocenters. The van der Waals surface area contributed by atoms with E-state index >= 15 is 0 Å². The minimum Gasteiger partial charge on any atom is -0.456 e. The normalized spacial score (nSPS) is 11.8. The quantitative estimate of drug-likeness (QED) is 0.168. The van der Waals surface area contributed by atoms with E-state index in [1.165, 1.54) is 21.5 Å². The third kappa shape index (κ3) is 5.48. The van der Waals surface area contributed by atoms with Gasteiger partial charge in [0.2, 0.25) is 0 Å². The molecule has 294 valence electrons. The Morgan fingerprint density at radius 3 is 1.32 bits per heavy atom. The van der Waals surface area contributed by atoms with Crippen molar-refractivity contribution in [1.82, 2.24) is 24.1 Å². The van der Waals surface area contributed by atoms with E-state index in [0.717, 1.165) is 83.2 Å². The second-order valence-corrected chi connectivity index (χ2v) is 15.9. The summed E-state index contributed by atoms with van der Waals surface area (Å²) in [5.41, 5.74) is 12.8. The molecule has 0 saturated heterocycles. The van der Waals surface area contributed by atoms with Crippen molar-refractivity contribution >= 4 is 65.6 Å². The van der Waals surface area contributed by atoms with Crippen molar-refractivity contribution < 1.29 is 4.42 Å². The fourth-order valence-corrected chi connectivity index (χ4v) is 9.62. The first-order chi connectivity index (χ1) is 31.3. The molecular formula is C57H35N5O. The number of hydrogen-bond donors (Lipinski definition) is 0. The predicted octanol–water partition coefficient (Wildman–Crippen LogP) is 14.6. The molecule has 0 aliphatic carbocycles. The van der Waals surface area contributed by atoms with Gasteiger partial charge in [-0.1, -0.05) is 158 Å². The summed E-state index contributed by atoms with van der Waals surface area (Å²) in [7, 11) is 0. The average Bonchev–Trinajstić information content (AvgIpc) is 4.01. The summed E-state index contributed by atoms with van der Waals surface area (Å²) in [4.78, 5) is 15.8. The summed E-state index contributed by atoms with van der Waals surface area (Å²) >= 11 is 0. The number of benzene rings is 9. The molecule has 63 heavy (non-hydrogen) atoms. The van der Waals surface area contributed by atoms with Gasteiger partial charge in [0.05, 0.1) is 33.4 Å². The lowest BCUT2D eigenvalue weighted by molar-refractivity contribution is 0.669. The van der Waals surface area contributed by atoms with Crippen molar-refractivity contribution in [2.45, 2.75) is 0 Å². The van der Waals surface area contributed by atoms with Crippen LogP contribution in [0.5, 0.6) is 0 Å². The van der Waals surface area contributed by atoms with Crippen LogP contribution >= 0.6 is 0 Å². The fourth-order valence-electron chi connectivity index (χ4n) is 9.62. The second-order valence-electron chi connectivity index (χ2n) is 15.9. The summed E-state index contributed by atoms with van der Waals surface area (Å²) in [5, 5.41) is 6.82. The van der Waals surface area contributed by atoms with Crippen LogP contribution in [-0.2, 0) is 0 Å². The summed E-state index contributed by atoms with van der Waals surface area (Å²) in [5.74, 6) is 1.78. The van der Waals surface area contributed by atoms with Crippen LogP contribution in [0.3, 0.4) is 0 Å². The molecule has 13 aromatic rings. The molecule has 6 heteroatoms. The summed E-state index contributed by atoms with van der Waals surface area (Å²) in [6, 6.07) is 74.6. The van der Waals surface area contributed by atoms with Gasteiger partial charge in [-0.3, -0.25) is 0 Å². The fraction of sp³-hybridized carbons (Fsp3) is 0. The van der Waals surface area contributed by atoms with E-state index in [2.05, 4.69) is 173 Å². The molecule has 4 aromatic heterocycles. The maximum atomic E-state index is 6.44. The Balaban J connectivity index is 1.24. The van der Waals surface area contributed by atoms with Gasteiger partial charge < -0.3 is 13.6 Å². The molecule has 0 aliphatic heterocycles. The van der Waals surface area contributed by atoms with Gasteiger partial charge in [-0.05, 0) is 60.2 Å². The van der Waals surface area contributed by atoms with Gasteiger partial charge in [-0.25, -0.2) is 15.0 Å². The lowest BCUT2D eigenvalue weighted by Crippen LogP contribution is -2.08. The monoisotopic (exact) mass is 805 g/mol. The second kappa shape index (κ2) is 14.0. The number of aromatic nitrogens is 5. The minimum absolute atomic E-state index is 0.575. The Labute approximate surface area is 361 Å². The largest absolute Gasteiger partial charge is 0.456 e. The minimum atomic E-state index is 0.575. The molecule has 13 rings (SSSR count). The van der Waals surface area contributed by atoms with Crippen LogP contribution in [0.4, 0.5) is 0 Å². The van der Waals surface area contributed by atoms with Crippen molar-refractivity contribution in [2.24, 2.45) is 0 Å². The van der Waals surface area contributed by atoms with Crippen LogP contribution in [0.15, 0.2) is 217 Å². The number of rotatable bonds is 6. The number of nitrogens with zero attached hydrogens (tertiary/aromatic N) is 5. The maximum Gasteiger partial charge on any atom is 0.164 e. The number of hydrogen-bond acceptors (Lipinski definition) is 4. The zero-order valence-corrected chi connectivity index (χ0v) is 33.9. The number of para-hydroxylation sites is 5. The van der Waals surface area contributed by atoms with Crippen LogP contribution < -0.4 is 0 Å². The molecule has 0 radical (unpaired) electrons. The van der Waals surface area contributed by atoms with Gasteiger partial charge >= 0.3 is 0 Å². The first-order valence-electron chi connectivity index (χ1n) is 21.2. The van der Waals surface area contributed by atoms with Gasteiger partial charge in [0.15, 0.2) is 17.5 Å². The van der Waals surface area contributed by atoms with Crippen molar-refractivity contribution in [3.8, 4) is 56.7 Å². The highest BCUT2D eigenvalue weighted by Gasteiger charge is 2.27. The molecular weight excluding hydrogens is 771 g/mol. The van der Waals surface area contributed by atoms with E-state index in [1.807, 2.05) is 48.5 Å². The Morgan fingerprint density at radius 2 is 0.762 bits per heavy atom. The number of furan rings is 1. The highest BCUT2D eigenvalue weighted by atomic mass is 16.3. The van der Waals surface area contributed by atoms with E-state index in [4.69, 9.17) is 19.4 Å². The van der Waals surface area contributed by atoms with Gasteiger partial charge in [0, 0.05) is 54.6 Å². The Bertz CT molecular complexity index is 3750. The smallest absolute Gasteiger partial charge is 0.164 e. The first-order valence-corrected chi connectivity index (χ1v) is 21.2.